The van der Waals surface area contributed by atoms with E-state index in [1.807, 2.05) is 0 Å². The number of carbonyl (C=O) groups excluding carboxylic acids is 1. The van der Waals surface area contributed by atoms with Crippen LogP contribution in [0.1, 0.15) is 43.7 Å². The third-order valence-electron chi connectivity index (χ3n) is 6.19. The molecule has 1 saturated heterocycles. The van der Waals surface area contributed by atoms with Gasteiger partial charge in [0.05, 0.1) is 0 Å². The molecule has 3 heterocycles. The molecular formula is C18H21NO5. The maximum absolute atomic E-state index is 11.3. The molecule has 24 heavy (non-hydrogen) atoms. The standard InChI is InChI=1S/C18H21NO5/c1-10(20)24-12-2-3-18-7-17(21)19(16(18)5-12)8-11-4-14-15(6-13(11)18)23-9-22-14/h4,6,12,16-17,21H,2-3,5,7-9H2,1H3/t12-,16+,17-,18+/m1/s1. The highest BCUT2D eigenvalue weighted by molar-refractivity contribution is 5.66. The van der Waals surface area contributed by atoms with E-state index in [9.17, 15) is 9.90 Å². The number of hydrogen-bond donors (Lipinski definition) is 1. The van der Waals surface area contributed by atoms with Crippen LogP contribution in [0, 0.1) is 0 Å². The van der Waals surface area contributed by atoms with Crippen molar-refractivity contribution in [1.82, 2.24) is 4.90 Å². The Kier molecular flexibility index (Phi) is 2.95. The highest BCUT2D eigenvalue weighted by Crippen LogP contribution is 2.57. The third kappa shape index (κ3) is 1.87. The van der Waals surface area contributed by atoms with Crippen molar-refractivity contribution in [2.75, 3.05) is 6.79 Å². The molecule has 1 unspecified atom stereocenters. The highest BCUT2D eigenvalue weighted by atomic mass is 16.7. The molecule has 2 bridgehead atoms. The van der Waals surface area contributed by atoms with Crippen molar-refractivity contribution in [1.29, 1.82) is 0 Å². The number of aliphatic hydroxyl groups excluding tert-OH is 1. The molecule has 4 aliphatic rings. The summed E-state index contributed by atoms with van der Waals surface area (Å²) < 4.78 is 16.6. The number of rotatable bonds is 1. The SMILES string of the molecule is CC(=O)O[C@@H]1CC[C@]23C[C@@H](O)N(Cc4cc5c(cc42)OCO5)[C@H]3C1. The number of benzene rings is 1. The quantitative estimate of drug-likeness (QED) is 0.790. The topological polar surface area (TPSA) is 68.2 Å². The van der Waals surface area contributed by atoms with Crippen LogP contribution < -0.4 is 9.47 Å². The molecule has 1 aromatic carbocycles. The summed E-state index contributed by atoms with van der Waals surface area (Å²) in [4.78, 5) is 13.5. The Morgan fingerprint density at radius 2 is 2.17 bits per heavy atom. The molecule has 0 amide bonds. The number of hydrogen-bond acceptors (Lipinski definition) is 6. The molecule has 1 saturated carbocycles. The Balaban J connectivity index is 1.56. The molecule has 5 rings (SSSR count). The van der Waals surface area contributed by atoms with E-state index in [0.29, 0.717) is 6.54 Å². The largest absolute Gasteiger partial charge is 0.463 e. The van der Waals surface area contributed by atoms with E-state index in [-0.39, 0.29) is 30.3 Å². The van der Waals surface area contributed by atoms with Gasteiger partial charge in [0, 0.05) is 31.3 Å². The Bertz CT molecular complexity index is 720. The van der Waals surface area contributed by atoms with Crippen LogP contribution in [-0.2, 0) is 21.5 Å². The zero-order chi connectivity index (χ0) is 16.5. The maximum atomic E-state index is 11.3. The fourth-order valence-corrected chi connectivity index (χ4v) is 5.28. The van der Waals surface area contributed by atoms with Gasteiger partial charge in [0.2, 0.25) is 6.79 Å². The van der Waals surface area contributed by atoms with Gasteiger partial charge in [-0.3, -0.25) is 9.69 Å². The minimum absolute atomic E-state index is 0.0519. The summed E-state index contributed by atoms with van der Waals surface area (Å²) >= 11 is 0. The molecule has 6 heteroatoms. The highest BCUT2D eigenvalue weighted by Gasteiger charge is 2.58. The fourth-order valence-electron chi connectivity index (χ4n) is 5.28. The van der Waals surface area contributed by atoms with Crippen molar-refractivity contribution >= 4 is 5.97 Å². The van der Waals surface area contributed by atoms with Gasteiger partial charge < -0.3 is 19.3 Å². The number of nitrogens with zero attached hydrogens (tertiary/aromatic N) is 1. The van der Waals surface area contributed by atoms with E-state index >= 15 is 0 Å². The normalized spacial score (nSPS) is 38.4. The molecule has 0 radical (unpaired) electrons. The molecule has 5 atom stereocenters. The molecule has 0 spiro atoms. The molecule has 2 fully saturated rings. The van der Waals surface area contributed by atoms with Crippen molar-refractivity contribution in [2.45, 2.75) is 62.9 Å². The predicted molar refractivity (Wildman–Crippen MR) is 83.6 cm³/mol. The first-order chi connectivity index (χ1) is 11.6. The van der Waals surface area contributed by atoms with Crippen molar-refractivity contribution in [3.8, 4) is 11.5 Å². The molecule has 6 nitrogen and oxygen atoms in total. The van der Waals surface area contributed by atoms with Gasteiger partial charge in [-0.15, -0.1) is 0 Å². The van der Waals surface area contributed by atoms with Crippen LogP contribution in [0.5, 0.6) is 11.5 Å². The van der Waals surface area contributed by atoms with E-state index in [2.05, 4.69) is 17.0 Å². The lowest BCUT2D eigenvalue weighted by molar-refractivity contribution is -0.149. The zero-order valence-corrected chi connectivity index (χ0v) is 13.7. The first-order valence-corrected chi connectivity index (χ1v) is 8.61. The van der Waals surface area contributed by atoms with Gasteiger partial charge in [-0.25, -0.2) is 0 Å². The number of fused-ring (bicyclic) bond motifs is 2. The van der Waals surface area contributed by atoms with Crippen LogP contribution in [-0.4, -0.2) is 41.1 Å². The molecular weight excluding hydrogens is 310 g/mol. The van der Waals surface area contributed by atoms with E-state index < -0.39 is 6.23 Å². The monoisotopic (exact) mass is 331 g/mol. The maximum Gasteiger partial charge on any atom is 0.302 e. The zero-order valence-electron chi connectivity index (χ0n) is 13.7. The van der Waals surface area contributed by atoms with E-state index in [0.717, 1.165) is 37.2 Å². The minimum Gasteiger partial charge on any atom is -0.463 e. The third-order valence-corrected chi connectivity index (χ3v) is 6.19. The Morgan fingerprint density at radius 3 is 2.96 bits per heavy atom. The summed E-state index contributed by atoms with van der Waals surface area (Å²) in [6, 6.07) is 4.39. The van der Waals surface area contributed by atoms with Crippen molar-refractivity contribution in [3.63, 3.8) is 0 Å². The summed E-state index contributed by atoms with van der Waals surface area (Å²) in [5.74, 6) is 1.38. The first kappa shape index (κ1) is 14.5. The van der Waals surface area contributed by atoms with Gasteiger partial charge in [-0.1, -0.05) is 0 Å². The van der Waals surface area contributed by atoms with Gasteiger partial charge in [-0.2, -0.15) is 0 Å². The summed E-state index contributed by atoms with van der Waals surface area (Å²) in [5, 5.41) is 10.6. The smallest absolute Gasteiger partial charge is 0.302 e. The Labute approximate surface area is 140 Å². The summed E-state index contributed by atoms with van der Waals surface area (Å²) in [6.45, 7) is 2.44. The average Bonchev–Trinajstić information content (AvgIpc) is 3.06. The molecule has 1 aliphatic carbocycles. The molecule has 3 aliphatic heterocycles. The van der Waals surface area contributed by atoms with Crippen LogP contribution in [0.2, 0.25) is 0 Å². The lowest BCUT2D eigenvalue weighted by Crippen LogP contribution is -2.52. The van der Waals surface area contributed by atoms with Crippen molar-refractivity contribution < 1.29 is 24.1 Å². The lowest BCUT2D eigenvalue weighted by Gasteiger charge is -2.48. The first-order valence-electron chi connectivity index (χ1n) is 8.61. The molecule has 1 aromatic rings. The Hall–Kier alpha value is -1.79. The van der Waals surface area contributed by atoms with Crippen LogP contribution in [0.25, 0.3) is 0 Å². The molecule has 128 valence electrons. The van der Waals surface area contributed by atoms with Crippen molar-refractivity contribution in [2.24, 2.45) is 0 Å². The van der Waals surface area contributed by atoms with Gasteiger partial charge in [-0.05, 0) is 42.5 Å². The van der Waals surface area contributed by atoms with Gasteiger partial charge in [0.15, 0.2) is 11.5 Å². The summed E-state index contributed by atoms with van der Waals surface area (Å²) in [5.41, 5.74) is 2.42. The van der Waals surface area contributed by atoms with Gasteiger partial charge in [0.1, 0.15) is 12.3 Å². The van der Waals surface area contributed by atoms with E-state index in [4.69, 9.17) is 14.2 Å². The molecule has 1 N–H and O–H groups in total. The molecule has 0 aromatic heterocycles. The number of carbonyl (C=O) groups is 1. The van der Waals surface area contributed by atoms with E-state index in [1.54, 1.807) is 0 Å². The fraction of sp³-hybridized carbons (Fsp3) is 0.611. The second-order valence-electron chi connectivity index (χ2n) is 7.40. The summed E-state index contributed by atoms with van der Waals surface area (Å²) in [6.07, 6.45) is 2.77. The average molecular weight is 331 g/mol. The van der Waals surface area contributed by atoms with Crippen LogP contribution in [0.3, 0.4) is 0 Å². The van der Waals surface area contributed by atoms with Gasteiger partial charge in [0.25, 0.3) is 0 Å². The second kappa shape index (κ2) is 4.86. The van der Waals surface area contributed by atoms with E-state index in [1.165, 1.54) is 18.1 Å². The van der Waals surface area contributed by atoms with Crippen molar-refractivity contribution in [3.05, 3.63) is 23.3 Å². The van der Waals surface area contributed by atoms with Gasteiger partial charge >= 0.3 is 5.97 Å². The number of ether oxygens (including phenoxy) is 3. The number of aliphatic hydroxyl groups is 1. The summed E-state index contributed by atoms with van der Waals surface area (Å²) in [7, 11) is 0. The van der Waals surface area contributed by atoms with Crippen LogP contribution in [0.15, 0.2) is 12.1 Å². The lowest BCUT2D eigenvalue weighted by atomic mass is 9.63. The Morgan fingerprint density at radius 1 is 1.38 bits per heavy atom. The second-order valence-corrected chi connectivity index (χ2v) is 7.40. The predicted octanol–water partition coefficient (Wildman–Crippen LogP) is 1.67. The van der Waals surface area contributed by atoms with Crippen LogP contribution >= 0.6 is 0 Å². The number of esters is 1. The minimum atomic E-state index is -0.449. The van der Waals surface area contributed by atoms with Crippen LogP contribution in [0.4, 0.5) is 0 Å².